The first-order chi connectivity index (χ1) is 6.44. The van der Waals surface area contributed by atoms with Crippen LogP contribution in [0.4, 0.5) is 0 Å². The monoisotopic (exact) mass is 202 g/mol. The number of ether oxygens (including phenoxy) is 2. The number of carbonyl (C=O) groups is 1. The predicted octanol–water partition coefficient (Wildman–Crippen LogP) is 2.19. The summed E-state index contributed by atoms with van der Waals surface area (Å²) in [6.07, 6.45) is 2.39. The van der Waals surface area contributed by atoms with Gasteiger partial charge in [-0.1, -0.05) is 0 Å². The van der Waals surface area contributed by atoms with E-state index in [0.717, 1.165) is 12.8 Å². The lowest BCUT2D eigenvalue weighted by Crippen LogP contribution is -2.39. The Morgan fingerprint density at radius 3 is 2.29 bits per heavy atom. The van der Waals surface area contributed by atoms with Gasteiger partial charge in [-0.3, -0.25) is 0 Å². The fourth-order valence-corrected chi connectivity index (χ4v) is 1.42. The Balaban J connectivity index is 3.97. The SMILES string of the molecule is COC(CCCC(C)=O)C(C)(C)OC. The van der Waals surface area contributed by atoms with E-state index in [9.17, 15) is 4.79 Å². The van der Waals surface area contributed by atoms with Gasteiger partial charge in [-0.05, 0) is 33.6 Å². The molecule has 0 aliphatic rings. The lowest BCUT2D eigenvalue weighted by molar-refractivity contribution is -0.118. The summed E-state index contributed by atoms with van der Waals surface area (Å²) < 4.78 is 10.7. The van der Waals surface area contributed by atoms with E-state index in [0.29, 0.717) is 6.42 Å². The molecule has 0 saturated heterocycles. The highest BCUT2D eigenvalue weighted by Gasteiger charge is 2.28. The lowest BCUT2D eigenvalue weighted by Gasteiger charge is -2.31. The summed E-state index contributed by atoms with van der Waals surface area (Å²) in [5.74, 6) is 0.232. The smallest absolute Gasteiger partial charge is 0.129 e. The minimum Gasteiger partial charge on any atom is -0.378 e. The molecule has 0 saturated carbocycles. The first kappa shape index (κ1) is 13.6. The zero-order valence-corrected chi connectivity index (χ0v) is 9.92. The standard InChI is InChI=1S/C11H22O3/c1-9(12)7-6-8-10(13-4)11(2,3)14-5/h10H,6-8H2,1-5H3. The van der Waals surface area contributed by atoms with Crippen molar-refractivity contribution in [2.24, 2.45) is 0 Å². The van der Waals surface area contributed by atoms with E-state index in [-0.39, 0.29) is 17.5 Å². The van der Waals surface area contributed by atoms with Crippen molar-refractivity contribution in [3.8, 4) is 0 Å². The summed E-state index contributed by atoms with van der Waals surface area (Å²) >= 11 is 0. The van der Waals surface area contributed by atoms with E-state index in [1.807, 2.05) is 13.8 Å². The highest BCUT2D eigenvalue weighted by molar-refractivity contribution is 5.75. The van der Waals surface area contributed by atoms with Gasteiger partial charge in [0.1, 0.15) is 5.78 Å². The minimum absolute atomic E-state index is 0.0480. The molecule has 3 heteroatoms. The molecule has 0 aromatic heterocycles. The fraction of sp³-hybridized carbons (Fsp3) is 0.909. The molecule has 0 aliphatic carbocycles. The van der Waals surface area contributed by atoms with Crippen LogP contribution in [0.3, 0.4) is 0 Å². The zero-order valence-electron chi connectivity index (χ0n) is 9.92. The van der Waals surface area contributed by atoms with E-state index in [4.69, 9.17) is 9.47 Å². The Bertz CT molecular complexity index is 175. The Hall–Kier alpha value is -0.410. The van der Waals surface area contributed by atoms with Crippen molar-refractivity contribution in [1.29, 1.82) is 0 Å². The molecule has 0 rings (SSSR count). The maximum atomic E-state index is 10.8. The van der Waals surface area contributed by atoms with Crippen LogP contribution in [0, 0.1) is 0 Å². The van der Waals surface area contributed by atoms with E-state index in [1.54, 1.807) is 21.1 Å². The van der Waals surface area contributed by atoms with Crippen LogP contribution in [0.25, 0.3) is 0 Å². The summed E-state index contributed by atoms with van der Waals surface area (Å²) in [7, 11) is 3.36. The van der Waals surface area contributed by atoms with Crippen molar-refractivity contribution in [3.05, 3.63) is 0 Å². The van der Waals surface area contributed by atoms with Crippen molar-refractivity contribution in [1.82, 2.24) is 0 Å². The minimum atomic E-state index is -0.286. The molecule has 0 amide bonds. The maximum Gasteiger partial charge on any atom is 0.129 e. The van der Waals surface area contributed by atoms with E-state index >= 15 is 0 Å². The third-order valence-electron chi connectivity index (χ3n) is 2.58. The van der Waals surface area contributed by atoms with Gasteiger partial charge in [0, 0.05) is 20.6 Å². The molecular formula is C11H22O3. The second-order valence-electron chi connectivity index (χ2n) is 4.13. The van der Waals surface area contributed by atoms with E-state index in [2.05, 4.69) is 0 Å². The maximum absolute atomic E-state index is 10.8. The summed E-state index contributed by atoms with van der Waals surface area (Å²) in [6.45, 7) is 5.60. The van der Waals surface area contributed by atoms with Crippen LogP contribution in [0.2, 0.25) is 0 Å². The van der Waals surface area contributed by atoms with Gasteiger partial charge >= 0.3 is 0 Å². The molecule has 1 unspecified atom stereocenters. The molecule has 0 spiro atoms. The second-order valence-corrected chi connectivity index (χ2v) is 4.13. The van der Waals surface area contributed by atoms with Crippen molar-refractivity contribution in [2.75, 3.05) is 14.2 Å². The molecule has 1 atom stereocenters. The van der Waals surface area contributed by atoms with Crippen LogP contribution < -0.4 is 0 Å². The molecule has 0 bridgehead atoms. The Kier molecular flexibility index (Phi) is 5.96. The van der Waals surface area contributed by atoms with Crippen LogP contribution in [0.1, 0.15) is 40.0 Å². The van der Waals surface area contributed by atoms with Crippen molar-refractivity contribution in [3.63, 3.8) is 0 Å². The van der Waals surface area contributed by atoms with Gasteiger partial charge in [0.2, 0.25) is 0 Å². The summed E-state index contributed by atoms with van der Waals surface area (Å²) in [5, 5.41) is 0. The molecule has 0 aromatic rings. The largest absolute Gasteiger partial charge is 0.378 e. The average Bonchev–Trinajstić information content (AvgIpc) is 2.11. The number of rotatable bonds is 7. The van der Waals surface area contributed by atoms with Gasteiger partial charge < -0.3 is 14.3 Å². The van der Waals surface area contributed by atoms with Crippen LogP contribution in [-0.4, -0.2) is 31.7 Å². The number of carbonyl (C=O) groups excluding carboxylic acids is 1. The van der Waals surface area contributed by atoms with Crippen molar-refractivity contribution in [2.45, 2.75) is 51.7 Å². The predicted molar refractivity (Wildman–Crippen MR) is 56.4 cm³/mol. The van der Waals surface area contributed by atoms with Crippen molar-refractivity contribution >= 4 is 5.78 Å². The molecule has 0 heterocycles. The van der Waals surface area contributed by atoms with Gasteiger partial charge in [0.05, 0.1) is 11.7 Å². The molecule has 0 radical (unpaired) electrons. The quantitative estimate of drug-likeness (QED) is 0.635. The zero-order chi connectivity index (χ0) is 11.2. The molecule has 14 heavy (non-hydrogen) atoms. The molecule has 84 valence electrons. The van der Waals surface area contributed by atoms with Crippen LogP contribution >= 0.6 is 0 Å². The van der Waals surface area contributed by atoms with Gasteiger partial charge in [-0.15, -0.1) is 0 Å². The highest BCUT2D eigenvalue weighted by atomic mass is 16.5. The van der Waals surface area contributed by atoms with Gasteiger partial charge in [-0.2, -0.15) is 0 Å². The third kappa shape index (κ3) is 4.72. The fourth-order valence-electron chi connectivity index (χ4n) is 1.42. The summed E-state index contributed by atoms with van der Waals surface area (Å²) in [5.41, 5.74) is -0.286. The van der Waals surface area contributed by atoms with Gasteiger partial charge in [0.15, 0.2) is 0 Å². The van der Waals surface area contributed by atoms with Crippen LogP contribution in [-0.2, 0) is 14.3 Å². The van der Waals surface area contributed by atoms with Crippen molar-refractivity contribution < 1.29 is 14.3 Å². The van der Waals surface area contributed by atoms with Gasteiger partial charge in [0.25, 0.3) is 0 Å². The third-order valence-corrected chi connectivity index (χ3v) is 2.58. The summed E-state index contributed by atoms with van der Waals surface area (Å²) in [6, 6.07) is 0. The van der Waals surface area contributed by atoms with E-state index in [1.165, 1.54) is 0 Å². The molecule has 3 nitrogen and oxygen atoms in total. The molecule has 0 aromatic carbocycles. The van der Waals surface area contributed by atoms with Crippen LogP contribution in [0.5, 0.6) is 0 Å². The normalized spacial score (nSPS) is 14.1. The molecule has 0 aliphatic heterocycles. The molecule has 0 N–H and O–H groups in total. The van der Waals surface area contributed by atoms with Gasteiger partial charge in [-0.25, -0.2) is 0 Å². The second kappa shape index (κ2) is 6.14. The Morgan fingerprint density at radius 2 is 1.93 bits per heavy atom. The Labute approximate surface area is 86.8 Å². The first-order valence-electron chi connectivity index (χ1n) is 5.01. The topological polar surface area (TPSA) is 35.5 Å². The number of ketones is 1. The molecule has 0 fully saturated rings. The highest BCUT2D eigenvalue weighted by Crippen LogP contribution is 2.21. The number of Topliss-reactive ketones (excluding diaryl/α,β-unsaturated/α-hetero) is 1. The average molecular weight is 202 g/mol. The summed E-state index contributed by atoms with van der Waals surface area (Å²) in [4.78, 5) is 10.8. The molecular weight excluding hydrogens is 180 g/mol. The number of hydrogen-bond acceptors (Lipinski definition) is 3. The van der Waals surface area contributed by atoms with E-state index < -0.39 is 0 Å². The number of methoxy groups -OCH3 is 2. The van der Waals surface area contributed by atoms with Crippen LogP contribution in [0.15, 0.2) is 0 Å². The lowest BCUT2D eigenvalue weighted by atomic mass is 9.96. The first-order valence-corrected chi connectivity index (χ1v) is 5.01. The Morgan fingerprint density at radius 1 is 1.36 bits per heavy atom. The number of hydrogen-bond donors (Lipinski definition) is 0.